The van der Waals surface area contributed by atoms with Crippen LogP contribution < -0.4 is 10.1 Å². The average molecular weight is 331 g/mol. The van der Waals surface area contributed by atoms with Gasteiger partial charge in [-0.2, -0.15) is 0 Å². The molecule has 2 atom stereocenters. The van der Waals surface area contributed by atoms with Crippen LogP contribution in [0.5, 0.6) is 5.75 Å². The lowest BCUT2D eigenvalue weighted by Gasteiger charge is -2.22. The Labute approximate surface area is 136 Å². The first-order chi connectivity index (χ1) is 10.7. The summed E-state index contributed by atoms with van der Waals surface area (Å²) in [5.41, 5.74) is 1.68. The number of amides is 1. The SMILES string of the molecule is O=C1NC2=Nc3ccccc3OC(c3ccc(Cl)cc3)C2S1. The molecular formula is C16H11ClN2O2S. The fourth-order valence-corrected chi connectivity index (χ4v) is 3.63. The van der Waals surface area contributed by atoms with E-state index in [0.29, 0.717) is 16.6 Å². The topological polar surface area (TPSA) is 50.7 Å². The maximum Gasteiger partial charge on any atom is 0.285 e. The number of nitrogens with zero attached hydrogens (tertiary/aromatic N) is 1. The molecule has 4 nitrogen and oxygen atoms in total. The van der Waals surface area contributed by atoms with Gasteiger partial charge < -0.3 is 10.1 Å². The van der Waals surface area contributed by atoms with Crippen molar-refractivity contribution in [2.45, 2.75) is 11.4 Å². The highest BCUT2D eigenvalue weighted by molar-refractivity contribution is 8.15. The summed E-state index contributed by atoms with van der Waals surface area (Å²) in [6.45, 7) is 0. The summed E-state index contributed by atoms with van der Waals surface area (Å²) < 4.78 is 6.17. The molecule has 0 saturated carbocycles. The van der Waals surface area contributed by atoms with Gasteiger partial charge in [-0.1, -0.05) is 35.9 Å². The highest BCUT2D eigenvalue weighted by Crippen LogP contribution is 2.42. The van der Waals surface area contributed by atoms with E-state index in [2.05, 4.69) is 10.3 Å². The number of rotatable bonds is 1. The van der Waals surface area contributed by atoms with E-state index in [4.69, 9.17) is 16.3 Å². The molecule has 2 aliphatic heterocycles. The van der Waals surface area contributed by atoms with Gasteiger partial charge in [-0.05, 0) is 41.6 Å². The number of nitrogens with one attached hydrogen (secondary N) is 1. The summed E-state index contributed by atoms with van der Waals surface area (Å²) in [5, 5.41) is 3.18. The molecule has 0 radical (unpaired) electrons. The average Bonchev–Trinajstić information content (AvgIpc) is 2.80. The maximum absolute atomic E-state index is 11.8. The second-order valence-corrected chi connectivity index (χ2v) is 6.56. The third kappa shape index (κ3) is 2.36. The minimum Gasteiger partial charge on any atom is -0.482 e. The van der Waals surface area contributed by atoms with E-state index in [1.54, 1.807) is 0 Å². The summed E-state index contributed by atoms with van der Waals surface area (Å²) in [6, 6.07) is 15.0. The first-order valence-electron chi connectivity index (χ1n) is 6.78. The summed E-state index contributed by atoms with van der Waals surface area (Å²) in [4.78, 5) is 16.3. The zero-order valence-electron chi connectivity index (χ0n) is 11.3. The first-order valence-corrected chi connectivity index (χ1v) is 8.04. The van der Waals surface area contributed by atoms with Gasteiger partial charge in [0.25, 0.3) is 5.24 Å². The van der Waals surface area contributed by atoms with Crippen LogP contribution >= 0.6 is 23.4 Å². The van der Waals surface area contributed by atoms with Gasteiger partial charge in [0.2, 0.25) is 0 Å². The standard InChI is InChI=1S/C16H11ClN2O2S/c17-10-7-5-9(6-8-10)13-14-15(19-16(20)22-14)18-11-3-1-2-4-12(11)21-13/h1-8,13-14H,(H,18,19,20). The molecular weight excluding hydrogens is 320 g/mol. The maximum atomic E-state index is 11.8. The Morgan fingerprint density at radius 3 is 2.73 bits per heavy atom. The summed E-state index contributed by atoms with van der Waals surface area (Å²) >= 11 is 7.16. The van der Waals surface area contributed by atoms with E-state index in [1.807, 2.05) is 48.5 Å². The van der Waals surface area contributed by atoms with Crippen molar-refractivity contribution in [1.29, 1.82) is 0 Å². The fourth-order valence-electron chi connectivity index (χ4n) is 2.55. The van der Waals surface area contributed by atoms with E-state index in [9.17, 15) is 4.79 Å². The van der Waals surface area contributed by atoms with Crippen molar-refractivity contribution in [3.05, 3.63) is 59.1 Å². The van der Waals surface area contributed by atoms with Crippen LogP contribution in [0.4, 0.5) is 10.5 Å². The molecule has 1 saturated heterocycles. The first kappa shape index (κ1) is 13.7. The van der Waals surface area contributed by atoms with Crippen LogP contribution in [0.3, 0.4) is 0 Å². The molecule has 2 aliphatic rings. The fraction of sp³-hybridized carbons (Fsp3) is 0.125. The van der Waals surface area contributed by atoms with Crippen LogP contribution in [-0.2, 0) is 0 Å². The number of hydrogen-bond acceptors (Lipinski definition) is 4. The Balaban J connectivity index is 1.82. The third-order valence-corrected chi connectivity index (χ3v) is 4.86. The molecule has 4 rings (SSSR count). The quantitative estimate of drug-likeness (QED) is 0.846. The zero-order chi connectivity index (χ0) is 15.1. The second kappa shape index (κ2) is 5.34. The molecule has 0 aliphatic carbocycles. The lowest BCUT2D eigenvalue weighted by Crippen LogP contribution is -2.30. The summed E-state index contributed by atoms with van der Waals surface area (Å²) in [5.74, 6) is 1.35. The Bertz CT molecular complexity index is 776. The number of ether oxygens (including phenoxy) is 1. The van der Waals surface area contributed by atoms with Crippen molar-refractivity contribution < 1.29 is 9.53 Å². The lowest BCUT2D eigenvalue weighted by molar-refractivity contribution is 0.222. The number of aliphatic imine (C=N–C) groups is 1. The second-order valence-electron chi connectivity index (χ2n) is 5.01. The number of hydrogen-bond donors (Lipinski definition) is 1. The number of thioether (sulfide) groups is 1. The van der Waals surface area contributed by atoms with E-state index in [-0.39, 0.29) is 16.6 Å². The molecule has 2 aromatic carbocycles. The van der Waals surface area contributed by atoms with E-state index >= 15 is 0 Å². The highest BCUT2D eigenvalue weighted by Gasteiger charge is 2.40. The molecule has 2 heterocycles. The van der Waals surface area contributed by atoms with Gasteiger partial charge in [-0.3, -0.25) is 4.79 Å². The van der Waals surface area contributed by atoms with Gasteiger partial charge in [-0.15, -0.1) is 0 Å². The van der Waals surface area contributed by atoms with Crippen molar-refractivity contribution in [3.63, 3.8) is 0 Å². The van der Waals surface area contributed by atoms with Crippen LogP contribution in [0.25, 0.3) is 0 Å². The highest BCUT2D eigenvalue weighted by atomic mass is 35.5. The number of carbonyl (C=O) groups is 1. The number of carbonyl (C=O) groups excluding carboxylic acids is 1. The Morgan fingerprint density at radius 1 is 1.14 bits per heavy atom. The Morgan fingerprint density at radius 2 is 1.91 bits per heavy atom. The minimum atomic E-state index is -0.302. The van der Waals surface area contributed by atoms with Crippen molar-refractivity contribution in [2.24, 2.45) is 4.99 Å². The molecule has 0 aromatic heterocycles. The van der Waals surface area contributed by atoms with E-state index in [1.165, 1.54) is 11.8 Å². The van der Waals surface area contributed by atoms with Crippen molar-refractivity contribution >= 4 is 40.1 Å². The Kier molecular flexibility index (Phi) is 3.32. The van der Waals surface area contributed by atoms with Crippen LogP contribution in [0.15, 0.2) is 53.5 Å². The van der Waals surface area contributed by atoms with Crippen molar-refractivity contribution in [2.75, 3.05) is 0 Å². The molecule has 1 fully saturated rings. The molecule has 2 unspecified atom stereocenters. The van der Waals surface area contributed by atoms with E-state index in [0.717, 1.165) is 11.3 Å². The molecule has 0 spiro atoms. The predicted octanol–water partition coefficient (Wildman–Crippen LogP) is 4.33. The van der Waals surface area contributed by atoms with Gasteiger partial charge in [-0.25, -0.2) is 4.99 Å². The minimum absolute atomic E-state index is 0.106. The van der Waals surface area contributed by atoms with Crippen LogP contribution in [0.2, 0.25) is 5.02 Å². The molecule has 6 heteroatoms. The van der Waals surface area contributed by atoms with Crippen LogP contribution in [-0.4, -0.2) is 16.3 Å². The normalized spacial score (nSPS) is 22.8. The summed E-state index contributed by atoms with van der Waals surface area (Å²) in [7, 11) is 0. The number of para-hydroxylation sites is 2. The largest absolute Gasteiger partial charge is 0.482 e. The smallest absolute Gasteiger partial charge is 0.285 e. The number of amidine groups is 1. The lowest BCUT2D eigenvalue weighted by atomic mass is 10.1. The molecule has 1 N–H and O–H groups in total. The van der Waals surface area contributed by atoms with Gasteiger partial charge in [0, 0.05) is 5.02 Å². The number of benzene rings is 2. The van der Waals surface area contributed by atoms with Gasteiger partial charge >= 0.3 is 0 Å². The predicted molar refractivity (Wildman–Crippen MR) is 88.3 cm³/mol. The van der Waals surface area contributed by atoms with Crippen molar-refractivity contribution in [1.82, 2.24) is 5.32 Å². The van der Waals surface area contributed by atoms with Crippen LogP contribution in [0.1, 0.15) is 11.7 Å². The number of halogens is 1. The van der Waals surface area contributed by atoms with Gasteiger partial charge in [0.1, 0.15) is 28.6 Å². The van der Waals surface area contributed by atoms with Crippen molar-refractivity contribution in [3.8, 4) is 5.75 Å². The van der Waals surface area contributed by atoms with E-state index < -0.39 is 0 Å². The molecule has 1 amide bonds. The third-order valence-electron chi connectivity index (χ3n) is 3.57. The molecule has 2 aromatic rings. The number of fused-ring (bicyclic) bond motifs is 2. The monoisotopic (exact) mass is 330 g/mol. The summed E-state index contributed by atoms with van der Waals surface area (Å²) in [6.07, 6.45) is -0.302. The molecule has 110 valence electrons. The molecule has 22 heavy (non-hydrogen) atoms. The molecule has 0 bridgehead atoms. The Hall–Kier alpha value is -1.98. The van der Waals surface area contributed by atoms with Gasteiger partial charge in [0.05, 0.1) is 0 Å². The zero-order valence-corrected chi connectivity index (χ0v) is 12.9. The van der Waals surface area contributed by atoms with Gasteiger partial charge in [0.15, 0.2) is 0 Å². The van der Waals surface area contributed by atoms with Crippen LogP contribution in [0, 0.1) is 0 Å².